The van der Waals surface area contributed by atoms with Crippen LogP contribution in [0.2, 0.25) is 0 Å². The Hall–Kier alpha value is -3.87. The topological polar surface area (TPSA) is 107 Å². The van der Waals surface area contributed by atoms with Crippen molar-refractivity contribution in [1.29, 1.82) is 0 Å². The van der Waals surface area contributed by atoms with Crippen LogP contribution in [-0.2, 0) is 37.3 Å². The average molecular weight is 693 g/mol. The molecule has 0 spiro atoms. The van der Waals surface area contributed by atoms with E-state index < -0.39 is 12.0 Å². The van der Waals surface area contributed by atoms with E-state index in [0.717, 1.165) is 16.5 Å². The molecular weight excluding hydrogens is 657 g/mol. The fraction of sp³-hybridized carbons (Fsp3) is 0.522. The molecule has 1 amide bonds. The summed E-state index contributed by atoms with van der Waals surface area (Å²) in [6, 6.07) is 6.79. The van der Waals surface area contributed by atoms with Gasteiger partial charge in [0, 0.05) is 37.7 Å². The third-order valence-corrected chi connectivity index (χ3v) is 3.95. The summed E-state index contributed by atoms with van der Waals surface area (Å²) >= 11 is 0. The molecule has 0 aliphatic carbocycles. The molecule has 1 atom stereocenters. The van der Waals surface area contributed by atoms with E-state index in [-0.39, 0.29) is 17.6 Å². The zero-order valence-electron chi connectivity index (χ0n) is 20.0. The number of para-hydroxylation sites is 1. The van der Waals surface area contributed by atoms with Crippen LogP contribution in [0.5, 0.6) is 0 Å². The molecule has 1 heterocycles. The Balaban J connectivity index is 0. The van der Waals surface area contributed by atoms with E-state index in [1.807, 2.05) is 83.6 Å². The van der Waals surface area contributed by atoms with Crippen molar-refractivity contribution < 1.29 is 29.0 Å². The van der Waals surface area contributed by atoms with Gasteiger partial charge in [-0.05, 0) is 53.2 Å². The predicted molar refractivity (Wildman–Crippen MR) is 121 cm³/mol. The van der Waals surface area contributed by atoms with Crippen molar-refractivity contribution in [3.63, 3.8) is 0 Å². The molecule has 1 aromatic heterocycles. The van der Waals surface area contributed by atoms with Gasteiger partial charge in [-0.2, -0.15) is 6.41 Å². The first-order valence-electron chi connectivity index (χ1n) is 9.80. The number of hydrogen-bond donors (Lipinski definition) is 2. The Morgan fingerprint density at radius 2 is 1.72 bits per heavy atom. The summed E-state index contributed by atoms with van der Waals surface area (Å²) in [5.74, 6) is -1.06. The molecule has 0 aliphatic heterocycles. The number of benzene rings is 1. The summed E-state index contributed by atoms with van der Waals surface area (Å²) in [6.45, 7) is 12.0. The number of methoxy groups -OCH3 is 1. The van der Waals surface area contributed by atoms with E-state index in [4.69, 9.17) is 9.84 Å². The van der Waals surface area contributed by atoms with Gasteiger partial charge in [-0.15, -0.1) is 0 Å². The second-order valence-corrected chi connectivity index (χ2v) is 8.77. The Morgan fingerprint density at radius 1 is 1.19 bits per heavy atom. The van der Waals surface area contributed by atoms with E-state index in [1.54, 1.807) is 7.11 Å². The molecule has 9 heteroatoms. The van der Waals surface area contributed by atoms with Crippen LogP contribution in [0.3, 0.4) is 0 Å². The van der Waals surface area contributed by atoms with Crippen LogP contribution >= 0.6 is 0 Å². The second-order valence-electron chi connectivity index (χ2n) is 8.77. The first-order chi connectivity index (χ1) is 14.3. The summed E-state index contributed by atoms with van der Waals surface area (Å²) in [4.78, 5) is 30.9. The van der Waals surface area contributed by atoms with Crippen molar-refractivity contribution in [3.8, 4) is 0 Å². The Bertz CT molecular complexity index is 837. The van der Waals surface area contributed by atoms with Gasteiger partial charge in [-0.1, -0.05) is 18.2 Å². The molecule has 0 fully saturated rings. The van der Waals surface area contributed by atoms with Gasteiger partial charge >= 0.3 is 5.97 Å². The average Bonchev–Trinajstić information content (AvgIpc) is 2.97. The molecule has 0 radical (unpaired) electrons. The first kappa shape index (κ1) is 30.3. The number of carbonyl (C=O) groups is 2. The van der Waals surface area contributed by atoms with Gasteiger partial charge in [-0.3, -0.25) is 9.59 Å². The van der Waals surface area contributed by atoms with Crippen LogP contribution in [0.4, 0.5) is 0 Å². The number of aromatic nitrogens is 1. The molecule has 0 saturated carbocycles. The SMILES string of the molecule is CC(C)(C)OC=O.COC(C)(C)C.Cn1cc(CC(N[C-]=O)C(=O)O)c2ccccc21.[Fm]. The van der Waals surface area contributed by atoms with Gasteiger partial charge < -0.3 is 29.3 Å². The standard InChI is InChI=1S/C13H13N2O3.C5H10O2.C5H12O.Fm/c1-15-7-9(6-11(13(17)18)14-8-16)10-4-2-3-5-12(10)15;1-5(2,3)7-4-6;1-5(2,3)6-4;/h2-5,7,11H,6H2,1H3,(H,14,16)(H,17,18);4H,1-3H3;1-4H3;/q-1;;;. The zero-order chi connectivity index (χ0) is 24.2. The van der Waals surface area contributed by atoms with Crippen molar-refractivity contribution in [1.82, 2.24) is 9.88 Å². The molecule has 2 N–H and O–H groups in total. The number of ether oxygens (including phenoxy) is 2. The molecule has 0 aliphatic rings. The number of carbonyl (C=O) groups excluding carboxylic acids is 2. The molecule has 186 valence electrons. The first-order valence-corrected chi connectivity index (χ1v) is 9.80. The maximum absolute atomic E-state index is 11.0. The number of aryl methyl sites for hydroxylation is 1. The van der Waals surface area contributed by atoms with E-state index in [1.165, 1.54) is 6.41 Å². The second kappa shape index (κ2) is 13.4. The minimum Gasteiger partial charge on any atom is -0.520 e. The van der Waals surface area contributed by atoms with Crippen molar-refractivity contribution in [2.75, 3.05) is 7.11 Å². The van der Waals surface area contributed by atoms with Gasteiger partial charge in [0.15, 0.2) is 0 Å². The summed E-state index contributed by atoms with van der Waals surface area (Å²) in [5, 5.41) is 12.2. The van der Waals surface area contributed by atoms with Crippen LogP contribution in [0.1, 0.15) is 47.1 Å². The van der Waals surface area contributed by atoms with Crippen LogP contribution < -0.4 is 5.32 Å². The quantitative estimate of drug-likeness (QED) is 0.274. The van der Waals surface area contributed by atoms with Gasteiger partial charge in [0.2, 0.25) is 0 Å². The monoisotopic (exact) mass is 692 g/mol. The number of nitrogens with zero attached hydrogens (tertiary/aromatic N) is 1. The van der Waals surface area contributed by atoms with E-state index in [0.29, 0.717) is 6.47 Å². The fourth-order valence-corrected chi connectivity index (χ4v) is 2.22. The zero-order valence-corrected chi connectivity index (χ0v) is 22.4. The van der Waals surface area contributed by atoms with Crippen molar-refractivity contribution in [2.24, 2.45) is 7.05 Å². The van der Waals surface area contributed by atoms with Crippen molar-refractivity contribution in [2.45, 2.75) is 65.2 Å². The predicted octanol–water partition coefficient (Wildman–Crippen LogP) is 3.22. The Labute approximate surface area is 184 Å². The summed E-state index contributed by atoms with van der Waals surface area (Å²) in [7, 11) is 3.61. The molecule has 8 nitrogen and oxygen atoms in total. The third-order valence-electron chi connectivity index (χ3n) is 3.95. The molecule has 1 unspecified atom stereocenters. The molecule has 0 saturated heterocycles. The summed E-state index contributed by atoms with van der Waals surface area (Å²) < 4.78 is 11.4. The number of nitrogens with one attached hydrogen (secondary N) is 1. The molecule has 0 bridgehead atoms. The van der Waals surface area contributed by atoms with E-state index >= 15 is 0 Å². The third kappa shape index (κ3) is 12.0. The largest absolute Gasteiger partial charge is 0.520 e. The number of fused-ring (bicyclic) bond motifs is 1. The molecule has 2 rings (SSSR count). The smallest absolute Gasteiger partial charge is 0.323 e. The van der Waals surface area contributed by atoms with Gasteiger partial charge in [0.1, 0.15) is 11.6 Å². The summed E-state index contributed by atoms with van der Waals surface area (Å²) in [6.07, 6.45) is 3.56. The van der Waals surface area contributed by atoms with E-state index in [9.17, 15) is 14.4 Å². The number of aliphatic carboxylic acids is 1. The van der Waals surface area contributed by atoms with Crippen molar-refractivity contribution in [3.05, 3.63) is 36.0 Å². The maximum atomic E-state index is 11.0. The Kier molecular flexibility index (Phi) is 12.7. The Morgan fingerprint density at radius 3 is 2.09 bits per heavy atom. The molecular formula is C23H35FmN2O6-. The fourth-order valence-electron chi connectivity index (χ4n) is 2.22. The van der Waals surface area contributed by atoms with Crippen LogP contribution in [0.25, 0.3) is 10.9 Å². The van der Waals surface area contributed by atoms with Crippen LogP contribution in [-0.4, -0.2) is 52.9 Å². The normalized spacial score (nSPS) is 11.5. The number of amides is 1. The minimum absolute atomic E-state index is 0. The number of rotatable bonds is 6. The van der Waals surface area contributed by atoms with Gasteiger partial charge in [0.25, 0.3) is 6.47 Å². The maximum Gasteiger partial charge on any atom is 0.323 e. The van der Waals surface area contributed by atoms with Gasteiger partial charge in [0.05, 0.1) is 5.60 Å². The number of carboxylic acids is 1. The molecule has 1 aromatic carbocycles. The minimum atomic E-state index is -1.06. The molecule has 32 heavy (non-hydrogen) atoms. The molecule has 2 aromatic rings. The summed E-state index contributed by atoms with van der Waals surface area (Å²) in [5.41, 5.74) is 1.65. The van der Waals surface area contributed by atoms with Gasteiger partial charge in [-0.25, -0.2) is 0 Å². The van der Waals surface area contributed by atoms with E-state index in [2.05, 4.69) is 10.1 Å². The van der Waals surface area contributed by atoms with Crippen LogP contribution in [0.15, 0.2) is 30.5 Å². The number of hydrogen-bond acceptors (Lipinski definition) is 5. The van der Waals surface area contributed by atoms with Crippen LogP contribution in [0, 0.1) is 0 Å². The van der Waals surface area contributed by atoms with Crippen molar-refractivity contribution >= 4 is 29.8 Å². The number of carboxylic acid groups (broad SMARTS) is 1.